The van der Waals surface area contributed by atoms with Crippen molar-refractivity contribution in [3.05, 3.63) is 12.4 Å². The molecule has 6 nitrogen and oxygen atoms in total. The van der Waals surface area contributed by atoms with Gasteiger partial charge in [0.25, 0.3) is 0 Å². The molecule has 0 amide bonds. The number of aromatic nitrogens is 2. The predicted octanol–water partition coefficient (Wildman–Crippen LogP) is 0.725. The maximum atomic E-state index is 12.3. The van der Waals surface area contributed by atoms with Crippen molar-refractivity contribution in [1.29, 1.82) is 0 Å². The zero-order valence-corrected chi connectivity index (χ0v) is 11.4. The number of nitrogens with zero attached hydrogens (tertiary/aromatic N) is 3. The van der Waals surface area contributed by atoms with Crippen molar-refractivity contribution < 1.29 is 8.42 Å². The molecule has 0 bridgehead atoms. The van der Waals surface area contributed by atoms with E-state index in [2.05, 4.69) is 23.8 Å². The third kappa shape index (κ3) is 2.46. The van der Waals surface area contributed by atoms with Crippen LogP contribution in [0.15, 0.2) is 17.3 Å². The molecule has 2 heterocycles. The molecule has 0 saturated carbocycles. The first-order valence-electron chi connectivity index (χ1n) is 5.99. The molecule has 0 radical (unpaired) electrons. The highest BCUT2D eigenvalue weighted by Crippen LogP contribution is 2.28. The first kappa shape index (κ1) is 13.2. The Labute approximate surface area is 107 Å². The molecule has 2 N–H and O–H groups in total. The predicted molar refractivity (Wildman–Crippen MR) is 68.1 cm³/mol. The number of rotatable bonds is 3. The van der Waals surface area contributed by atoms with E-state index in [0.717, 1.165) is 6.42 Å². The van der Waals surface area contributed by atoms with E-state index in [4.69, 9.17) is 5.73 Å². The highest BCUT2D eigenvalue weighted by atomic mass is 32.2. The van der Waals surface area contributed by atoms with Gasteiger partial charge in [0.1, 0.15) is 4.90 Å². The molecule has 1 aliphatic rings. The van der Waals surface area contributed by atoms with E-state index in [-0.39, 0.29) is 10.8 Å². The van der Waals surface area contributed by atoms with Crippen LogP contribution in [0.25, 0.3) is 0 Å². The second kappa shape index (κ2) is 4.81. The minimum atomic E-state index is -3.47. The van der Waals surface area contributed by atoms with Crippen molar-refractivity contribution in [3.8, 4) is 0 Å². The zero-order valence-electron chi connectivity index (χ0n) is 10.6. The fraction of sp³-hybridized carbons (Fsp3) is 0.636. The van der Waals surface area contributed by atoms with E-state index < -0.39 is 10.0 Å². The summed E-state index contributed by atoms with van der Waals surface area (Å²) in [5.74, 6) is 0.998. The zero-order chi connectivity index (χ0) is 13.3. The Morgan fingerprint density at radius 1 is 1.39 bits per heavy atom. The average Bonchev–Trinajstić information content (AvgIpc) is 2.79. The highest BCUT2D eigenvalue weighted by Gasteiger charge is 2.33. The van der Waals surface area contributed by atoms with Gasteiger partial charge in [0.15, 0.2) is 0 Å². The largest absolute Gasteiger partial charge is 0.368 e. The van der Waals surface area contributed by atoms with Gasteiger partial charge in [0.2, 0.25) is 16.0 Å². The van der Waals surface area contributed by atoms with Crippen LogP contribution < -0.4 is 5.73 Å². The van der Waals surface area contributed by atoms with Crippen molar-refractivity contribution in [2.45, 2.75) is 25.2 Å². The standard InChI is InChI=1S/C11H18N4O2S/c1-8(2)9-3-4-15(7-9)18(16,17)10-5-13-11(12)14-6-10/h5-6,8-9H,3-4,7H2,1-2H3,(H2,12,13,14). The summed E-state index contributed by atoms with van der Waals surface area (Å²) in [6.45, 7) is 5.38. The molecular formula is C11H18N4O2S. The van der Waals surface area contributed by atoms with Gasteiger partial charge in [-0.1, -0.05) is 13.8 Å². The lowest BCUT2D eigenvalue weighted by atomic mass is 9.96. The number of anilines is 1. The molecule has 2 rings (SSSR count). The van der Waals surface area contributed by atoms with Gasteiger partial charge in [-0.25, -0.2) is 18.4 Å². The molecule has 18 heavy (non-hydrogen) atoms. The number of nitrogen functional groups attached to an aromatic ring is 1. The Hall–Kier alpha value is -1.21. The van der Waals surface area contributed by atoms with Crippen molar-refractivity contribution in [1.82, 2.24) is 14.3 Å². The number of hydrogen-bond donors (Lipinski definition) is 1. The topological polar surface area (TPSA) is 89.2 Å². The third-order valence-corrected chi connectivity index (χ3v) is 5.23. The third-order valence-electron chi connectivity index (χ3n) is 3.42. The minimum Gasteiger partial charge on any atom is -0.368 e. The minimum absolute atomic E-state index is 0.0791. The molecule has 0 aliphatic carbocycles. The van der Waals surface area contributed by atoms with Crippen LogP contribution in [0.2, 0.25) is 0 Å². The van der Waals surface area contributed by atoms with E-state index in [1.807, 2.05) is 0 Å². The second-order valence-electron chi connectivity index (χ2n) is 4.93. The van der Waals surface area contributed by atoms with Gasteiger partial charge >= 0.3 is 0 Å². The average molecular weight is 270 g/mol. The molecule has 0 spiro atoms. The van der Waals surface area contributed by atoms with E-state index in [1.165, 1.54) is 16.7 Å². The molecule has 1 aliphatic heterocycles. The van der Waals surface area contributed by atoms with E-state index >= 15 is 0 Å². The highest BCUT2D eigenvalue weighted by molar-refractivity contribution is 7.89. The quantitative estimate of drug-likeness (QED) is 0.874. The van der Waals surface area contributed by atoms with Crippen molar-refractivity contribution in [3.63, 3.8) is 0 Å². The van der Waals surface area contributed by atoms with Crippen LogP contribution in [-0.2, 0) is 10.0 Å². The molecule has 7 heteroatoms. The summed E-state index contributed by atoms with van der Waals surface area (Å²) in [7, 11) is -3.47. The second-order valence-corrected chi connectivity index (χ2v) is 6.87. The van der Waals surface area contributed by atoms with E-state index in [1.54, 1.807) is 0 Å². The Morgan fingerprint density at radius 2 is 2.00 bits per heavy atom. The summed E-state index contributed by atoms with van der Waals surface area (Å²) in [4.78, 5) is 7.58. The van der Waals surface area contributed by atoms with Gasteiger partial charge < -0.3 is 5.73 Å². The lowest BCUT2D eigenvalue weighted by molar-refractivity contribution is 0.388. The summed E-state index contributed by atoms with van der Waals surface area (Å²) in [6.07, 6.45) is 3.44. The Morgan fingerprint density at radius 3 is 2.50 bits per heavy atom. The molecule has 100 valence electrons. The molecular weight excluding hydrogens is 252 g/mol. The van der Waals surface area contributed by atoms with Crippen LogP contribution >= 0.6 is 0 Å². The van der Waals surface area contributed by atoms with Gasteiger partial charge in [0, 0.05) is 13.1 Å². The van der Waals surface area contributed by atoms with Crippen molar-refractivity contribution in [2.75, 3.05) is 18.8 Å². The summed E-state index contributed by atoms with van der Waals surface area (Å²) in [6, 6.07) is 0. The van der Waals surface area contributed by atoms with Gasteiger partial charge in [-0.05, 0) is 18.3 Å². The summed E-state index contributed by atoms with van der Waals surface area (Å²) >= 11 is 0. The SMILES string of the molecule is CC(C)C1CCN(S(=O)(=O)c2cnc(N)nc2)C1. The molecule has 1 saturated heterocycles. The van der Waals surface area contributed by atoms with Crippen LogP contribution in [0.5, 0.6) is 0 Å². The first-order valence-corrected chi connectivity index (χ1v) is 7.43. The molecule has 1 aromatic rings. The number of sulfonamides is 1. The van der Waals surface area contributed by atoms with Crippen molar-refractivity contribution >= 4 is 16.0 Å². The monoisotopic (exact) mass is 270 g/mol. The smallest absolute Gasteiger partial charge is 0.246 e. The number of nitrogens with two attached hydrogens (primary N) is 1. The summed E-state index contributed by atoms with van der Waals surface area (Å²) in [5, 5.41) is 0. The van der Waals surface area contributed by atoms with E-state index in [9.17, 15) is 8.42 Å². The van der Waals surface area contributed by atoms with Crippen LogP contribution in [0.1, 0.15) is 20.3 Å². The molecule has 1 aromatic heterocycles. The Bertz CT molecular complexity index is 512. The molecule has 1 unspecified atom stereocenters. The van der Waals surface area contributed by atoms with Crippen LogP contribution in [0.4, 0.5) is 5.95 Å². The maximum absolute atomic E-state index is 12.3. The molecule has 0 aromatic carbocycles. The Kier molecular flexibility index (Phi) is 3.54. The normalized spacial score (nSPS) is 21.6. The number of hydrogen-bond acceptors (Lipinski definition) is 5. The summed E-state index contributed by atoms with van der Waals surface area (Å²) in [5.41, 5.74) is 5.35. The fourth-order valence-electron chi connectivity index (χ4n) is 2.12. The van der Waals surface area contributed by atoms with Gasteiger partial charge in [-0.15, -0.1) is 0 Å². The van der Waals surface area contributed by atoms with Gasteiger partial charge in [-0.3, -0.25) is 0 Å². The summed E-state index contributed by atoms with van der Waals surface area (Å²) < 4.78 is 26.1. The van der Waals surface area contributed by atoms with Crippen LogP contribution in [-0.4, -0.2) is 35.8 Å². The van der Waals surface area contributed by atoms with Crippen molar-refractivity contribution in [2.24, 2.45) is 11.8 Å². The van der Waals surface area contributed by atoms with Gasteiger partial charge in [-0.2, -0.15) is 4.31 Å². The fourth-order valence-corrected chi connectivity index (χ4v) is 3.53. The maximum Gasteiger partial charge on any atom is 0.246 e. The van der Waals surface area contributed by atoms with E-state index in [0.29, 0.717) is 24.9 Å². The first-order chi connectivity index (χ1) is 8.41. The molecule has 1 fully saturated rings. The Balaban J connectivity index is 2.20. The van der Waals surface area contributed by atoms with Crippen LogP contribution in [0.3, 0.4) is 0 Å². The van der Waals surface area contributed by atoms with Gasteiger partial charge in [0.05, 0.1) is 12.4 Å². The van der Waals surface area contributed by atoms with Crippen LogP contribution in [0, 0.1) is 11.8 Å². The molecule has 1 atom stereocenters. The lowest BCUT2D eigenvalue weighted by Crippen LogP contribution is -2.29. The lowest BCUT2D eigenvalue weighted by Gasteiger charge is -2.17.